The van der Waals surface area contributed by atoms with Crippen molar-refractivity contribution in [1.29, 1.82) is 0 Å². The van der Waals surface area contributed by atoms with Crippen LogP contribution in [0.1, 0.15) is 15.9 Å². The number of benzene rings is 2. The van der Waals surface area contributed by atoms with Crippen LogP contribution in [0.15, 0.2) is 60.8 Å². The Morgan fingerprint density at radius 2 is 1.88 bits per heavy atom. The zero-order valence-electron chi connectivity index (χ0n) is 13.9. The molecule has 0 aliphatic carbocycles. The highest BCUT2D eigenvalue weighted by Gasteiger charge is 2.11. The molecule has 3 rings (SSSR count). The van der Waals surface area contributed by atoms with Crippen molar-refractivity contribution in [1.82, 2.24) is 4.98 Å². The number of carbonyl (C=O) groups is 1. The van der Waals surface area contributed by atoms with Gasteiger partial charge in [-0.25, -0.2) is 9.37 Å². The molecule has 0 radical (unpaired) electrons. The van der Waals surface area contributed by atoms with E-state index in [2.05, 4.69) is 10.3 Å². The van der Waals surface area contributed by atoms with E-state index in [0.29, 0.717) is 12.1 Å². The van der Waals surface area contributed by atoms with E-state index in [1.807, 2.05) is 48.5 Å². The van der Waals surface area contributed by atoms with Gasteiger partial charge in [0, 0.05) is 12.3 Å². The summed E-state index contributed by atoms with van der Waals surface area (Å²) in [6, 6.07) is 16.5. The maximum Gasteiger partial charge on any atom is 0.252 e. The Morgan fingerprint density at radius 1 is 1.12 bits per heavy atom. The number of pyridine rings is 1. The number of rotatable bonds is 6. The fraction of sp³-hybridized carbons (Fsp3) is 0.100. The maximum atomic E-state index is 13.3. The van der Waals surface area contributed by atoms with Crippen LogP contribution in [0.3, 0.4) is 0 Å². The van der Waals surface area contributed by atoms with Crippen molar-refractivity contribution in [2.45, 2.75) is 6.42 Å². The molecule has 0 spiro atoms. The highest BCUT2D eigenvalue weighted by Crippen LogP contribution is 2.26. The van der Waals surface area contributed by atoms with Crippen LogP contribution in [0.25, 0.3) is 11.1 Å². The van der Waals surface area contributed by atoms with Crippen LogP contribution < -0.4 is 11.1 Å². The topological polar surface area (TPSA) is 88.2 Å². The van der Waals surface area contributed by atoms with Crippen LogP contribution in [0.5, 0.6) is 0 Å². The first kappa shape index (κ1) is 17.6. The van der Waals surface area contributed by atoms with E-state index < -0.39 is 11.7 Å². The van der Waals surface area contributed by atoms with E-state index in [-0.39, 0.29) is 18.0 Å². The van der Waals surface area contributed by atoms with Gasteiger partial charge < -0.3 is 16.2 Å². The predicted octanol–water partition coefficient (Wildman–Crippen LogP) is 3.27. The van der Waals surface area contributed by atoms with Crippen molar-refractivity contribution in [3.8, 4) is 11.1 Å². The predicted molar refractivity (Wildman–Crippen MR) is 98.7 cm³/mol. The molecule has 4 N–H and O–H groups in total. The van der Waals surface area contributed by atoms with Crippen LogP contribution in [0.2, 0.25) is 0 Å². The fourth-order valence-electron chi connectivity index (χ4n) is 2.63. The van der Waals surface area contributed by atoms with Gasteiger partial charge in [-0.1, -0.05) is 36.4 Å². The van der Waals surface area contributed by atoms with Crippen LogP contribution in [0, 0.1) is 5.82 Å². The molecule has 0 bridgehead atoms. The molecule has 1 amide bonds. The summed E-state index contributed by atoms with van der Waals surface area (Å²) >= 11 is 0. The Hall–Kier alpha value is -3.25. The molecule has 0 fully saturated rings. The first-order valence-corrected chi connectivity index (χ1v) is 8.09. The number of hydrogen-bond donors (Lipinski definition) is 3. The van der Waals surface area contributed by atoms with Crippen molar-refractivity contribution in [3.63, 3.8) is 0 Å². The van der Waals surface area contributed by atoms with Gasteiger partial charge in [-0.15, -0.1) is 0 Å². The average Bonchev–Trinajstić information content (AvgIpc) is 2.64. The highest BCUT2D eigenvalue weighted by atomic mass is 19.1. The monoisotopic (exact) mass is 351 g/mol. The minimum atomic E-state index is -0.755. The summed E-state index contributed by atoms with van der Waals surface area (Å²) in [4.78, 5) is 15.4. The third-order valence-corrected chi connectivity index (χ3v) is 3.93. The first-order valence-electron chi connectivity index (χ1n) is 8.09. The van der Waals surface area contributed by atoms with Gasteiger partial charge in [0.05, 0.1) is 11.8 Å². The number of nitrogens with zero attached hydrogens (tertiary/aromatic N) is 1. The number of carbonyl (C=O) groups excluding carboxylic acids is 1. The van der Waals surface area contributed by atoms with Crippen LogP contribution in [-0.4, -0.2) is 22.6 Å². The number of aliphatic hydroxyl groups excluding tert-OH is 1. The fourth-order valence-corrected chi connectivity index (χ4v) is 2.63. The zero-order chi connectivity index (χ0) is 18.5. The number of aliphatic hydroxyl groups is 1. The Morgan fingerprint density at radius 3 is 2.58 bits per heavy atom. The Labute approximate surface area is 150 Å². The van der Waals surface area contributed by atoms with Crippen LogP contribution in [0.4, 0.5) is 15.9 Å². The van der Waals surface area contributed by atoms with E-state index >= 15 is 0 Å². The molecule has 0 saturated heterocycles. The molecule has 1 heterocycles. The minimum absolute atomic E-state index is 0.0104. The normalized spacial score (nSPS) is 10.5. The van der Waals surface area contributed by atoms with Crippen molar-refractivity contribution in [3.05, 3.63) is 77.7 Å². The van der Waals surface area contributed by atoms with Crippen LogP contribution in [-0.2, 0) is 6.42 Å². The molecule has 0 aliphatic rings. The standard InChI is InChI=1S/C20H18FN3O2/c21-16-11-18(19(22)26)20(23-12-16)24-17-3-1-2-15(10-17)14-6-4-13(5-7-14)8-9-25/h1-7,10-12,25H,8-9H2,(H2,22,26)(H,23,24). The lowest BCUT2D eigenvalue weighted by Gasteiger charge is -2.11. The molecular formula is C20H18FN3O2. The number of nitrogens with one attached hydrogen (secondary N) is 1. The number of anilines is 2. The number of amides is 1. The molecule has 26 heavy (non-hydrogen) atoms. The minimum Gasteiger partial charge on any atom is -0.396 e. The molecule has 0 unspecified atom stereocenters. The van der Waals surface area contributed by atoms with Gasteiger partial charge in [-0.05, 0) is 41.3 Å². The second-order valence-corrected chi connectivity index (χ2v) is 5.79. The smallest absolute Gasteiger partial charge is 0.252 e. The quantitative estimate of drug-likeness (QED) is 0.636. The molecule has 132 valence electrons. The van der Waals surface area contributed by atoms with Crippen molar-refractivity contribution >= 4 is 17.4 Å². The maximum absolute atomic E-state index is 13.3. The number of hydrogen-bond acceptors (Lipinski definition) is 4. The van der Waals surface area contributed by atoms with E-state index in [4.69, 9.17) is 10.8 Å². The lowest BCUT2D eigenvalue weighted by atomic mass is 10.0. The highest BCUT2D eigenvalue weighted by molar-refractivity contribution is 5.98. The van der Waals surface area contributed by atoms with Crippen molar-refractivity contribution in [2.24, 2.45) is 5.73 Å². The average molecular weight is 351 g/mol. The molecule has 3 aromatic rings. The first-order chi connectivity index (χ1) is 12.6. The van der Waals surface area contributed by atoms with E-state index in [0.717, 1.165) is 29.0 Å². The molecule has 0 atom stereocenters. The summed E-state index contributed by atoms with van der Waals surface area (Å²) in [5, 5.41) is 12.0. The summed E-state index contributed by atoms with van der Waals surface area (Å²) in [6.45, 7) is 0.117. The summed E-state index contributed by atoms with van der Waals surface area (Å²) in [6.07, 6.45) is 1.65. The second-order valence-electron chi connectivity index (χ2n) is 5.79. The number of primary amides is 1. The zero-order valence-corrected chi connectivity index (χ0v) is 13.9. The van der Waals surface area contributed by atoms with Gasteiger partial charge in [0.1, 0.15) is 11.6 Å². The SMILES string of the molecule is NC(=O)c1cc(F)cnc1Nc1cccc(-c2ccc(CCO)cc2)c1. The molecular weight excluding hydrogens is 333 g/mol. The molecule has 1 aromatic heterocycles. The Balaban J connectivity index is 1.87. The summed E-state index contributed by atoms with van der Waals surface area (Å²) in [5.74, 6) is -1.18. The van der Waals surface area contributed by atoms with Gasteiger partial charge in [-0.2, -0.15) is 0 Å². The molecule has 5 nitrogen and oxygen atoms in total. The molecule has 0 saturated carbocycles. The Kier molecular flexibility index (Phi) is 5.24. The van der Waals surface area contributed by atoms with E-state index in [1.165, 1.54) is 0 Å². The largest absolute Gasteiger partial charge is 0.396 e. The van der Waals surface area contributed by atoms with Gasteiger partial charge in [0.25, 0.3) is 5.91 Å². The van der Waals surface area contributed by atoms with Crippen molar-refractivity contribution < 1.29 is 14.3 Å². The third-order valence-electron chi connectivity index (χ3n) is 3.93. The second kappa shape index (κ2) is 7.76. The lowest BCUT2D eigenvalue weighted by molar-refractivity contribution is 0.100. The number of halogens is 1. The lowest BCUT2D eigenvalue weighted by Crippen LogP contribution is -2.14. The molecule has 6 heteroatoms. The number of nitrogens with two attached hydrogens (primary N) is 1. The number of aromatic nitrogens is 1. The summed E-state index contributed by atoms with van der Waals surface area (Å²) in [7, 11) is 0. The van der Waals surface area contributed by atoms with E-state index in [9.17, 15) is 9.18 Å². The van der Waals surface area contributed by atoms with Crippen molar-refractivity contribution in [2.75, 3.05) is 11.9 Å². The van der Waals surface area contributed by atoms with Gasteiger partial charge in [-0.3, -0.25) is 4.79 Å². The summed E-state index contributed by atoms with van der Waals surface area (Å²) < 4.78 is 13.3. The Bertz CT molecular complexity index is 927. The molecule has 2 aromatic carbocycles. The van der Waals surface area contributed by atoms with E-state index in [1.54, 1.807) is 0 Å². The third kappa shape index (κ3) is 4.04. The summed E-state index contributed by atoms with van der Waals surface area (Å²) in [5.41, 5.74) is 9.02. The van der Waals surface area contributed by atoms with Gasteiger partial charge in [0.15, 0.2) is 0 Å². The van der Waals surface area contributed by atoms with Gasteiger partial charge >= 0.3 is 0 Å². The molecule has 0 aliphatic heterocycles. The van der Waals surface area contributed by atoms with Crippen LogP contribution >= 0.6 is 0 Å². The van der Waals surface area contributed by atoms with Gasteiger partial charge in [0.2, 0.25) is 0 Å².